The van der Waals surface area contributed by atoms with Crippen LogP contribution >= 0.6 is 38.8 Å². The maximum atomic E-state index is 5.00. The molecular formula is C21H21Cl4N6ORu. The zero-order valence-electron chi connectivity index (χ0n) is 16.9. The third kappa shape index (κ3) is 9.68. The van der Waals surface area contributed by atoms with Crippen molar-refractivity contribution in [3.63, 3.8) is 0 Å². The van der Waals surface area contributed by atoms with Crippen molar-refractivity contribution in [3.05, 3.63) is 91.4 Å². The smallest absolute Gasteiger partial charge is 0.200 e. The van der Waals surface area contributed by atoms with Crippen molar-refractivity contribution in [2.75, 3.05) is 0 Å². The number of aromatic amines is 4. The first-order valence-corrected chi connectivity index (χ1v) is 18.1. The molecule has 0 atom stereocenters. The number of benzene rings is 3. The van der Waals surface area contributed by atoms with Gasteiger partial charge in [0, 0.05) is 10.8 Å². The van der Waals surface area contributed by atoms with E-state index in [2.05, 4.69) is 36.7 Å². The van der Waals surface area contributed by atoms with Crippen LogP contribution in [-0.4, -0.2) is 31.0 Å². The topological polar surface area (TPSA) is 119 Å². The third-order valence-corrected chi connectivity index (χ3v) is 4.09. The molecule has 3 aromatic carbocycles. The standard InChI is InChI=1S/3C7H6N2.4ClH.H2O.Ru/c3*1-2-4-7-6(3-1)5-8-9-7;;;;;;/h3*1-5H,(H,8,9);4*1H;1H2;/q;;;;;;;;+3/p-3. The van der Waals surface area contributed by atoms with Crippen LogP contribution in [-0.2, 0) is 10.8 Å². The molecule has 0 aliphatic rings. The fourth-order valence-electron chi connectivity index (χ4n) is 2.69. The second kappa shape index (κ2) is 13.5. The summed E-state index contributed by atoms with van der Waals surface area (Å²) in [5.41, 5.74) is 3.34. The molecule has 3 heterocycles. The van der Waals surface area contributed by atoms with E-state index in [0.717, 1.165) is 27.3 Å². The van der Waals surface area contributed by atoms with E-state index in [-0.39, 0.29) is 5.48 Å². The number of fused-ring (bicyclic) bond motifs is 3. The summed E-state index contributed by atoms with van der Waals surface area (Å²) in [6.45, 7) is 0. The second-order valence-corrected chi connectivity index (χ2v) is 22.1. The Morgan fingerprint density at radius 2 is 1.00 bits per heavy atom. The Kier molecular flexibility index (Phi) is 11.1. The number of hydrogen-bond acceptors (Lipinski definition) is 2. The van der Waals surface area contributed by atoms with E-state index < -0.39 is 10.8 Å². The molecule has 0 amide bonds. The molecule has 6 aromatic rings. The van der Waals surface area contributed by atoms with Crippen molar-refractivity contribution in [1.29, 1.82) is 0 Å². The van der Waals surface area contributed by atoms with Crippen molar-refractivity contribution < 1.29 is 21.4 Å². The van der Waals surface area contributed by atoms with E-state index in [9.17, 15) is 0 Å². The summed E-state index contributed by atoms with van der Waals surface area (Å²) in [7, 11) is 17.0. The SMILES string of the molecule is O.[Cl][Ru-]([Cl])([Cl])[Cl].c1ccc2[nH][nH+]cc2c1.c1ccc2[nH]ncc2c1.c1ccc2[nH]ncc2c1. The van der Waals surface area contributed by atoms with Gasteiger partial charge in [-0.15, -0.1) is 5.10 Å². The monoisotopic (exact) mass is 615 g/mol. The molecule has 0 fully saturated rings. The largest absolute Gasteiger partial charge is 0.278 e. The molecule has 6 rings (SSSR count). The van der Waals surface area contributed by atoms with Gasteiger partial charge in [-0.05, 0) is 24.3 Å². The van der Waals surface area contributed by atoms with Gasteiger partial charge < -0.3 is 5.48 Å². The Labute approximate surface area is 208 Å². The Morgan fingerprint density at radius 3 is 1.42 bits per heavy atom. The zero-order valence-corrected chi connectivity index (χ0v) is 21.7. The third-order valence-electron chi connectivity index (χ3n) is 4.09. The molecule has 3 aromatic heterocycles. The van der Waals surface area contributed by atoms with Crippen molar-refractivity contribution in [2.45, 2.75) is 0 Å². The molecule has 7 nitrogen and oxygen atoms in total. The summed E-state index contributed by atoms with van der Waals surface area (Å²) in [6, 6.07) is 24.1. The van der Waals surface area contributed by atoms with E-state index in [1.54, 1.807) is 0 Å². The molecule has 0 saturated carbocycles. The van der Waals surface area contributed by atoms with Crippen LogP contribution in [0.3, 0.4) is 0 Å². The molecule has 0 unspecified atom stereocenters. The zero-order chi connectivity index (χ0) is 22.8. The molecule has 12 heteroatoms. The van der Waals surface area contributed by atoms with E-state index >= 15 is 0 Å². The van der Waals surface area contributed by atoms with E-state index in [4.69, 9.17) is 38.8 Å². The Morgan fingerprint density at radius 1 is 0.606 bits per heavy atom. The molecule has 0 aliphatic carbocycles. The number of H-pyrrole nitrogens is 4. The average molecular weight is 616 g/mol. The van der Waals surface area contributed by atoms with Crippen molar-refractivity contribution in [3.8, 4) is 0 Å². The van der Waals surface area contributed by atoms with Crippen molar-refractivity contribution in [2.24, 2.45) is 0 Å². The minimum atomic E-state index is -2.97. The maximum Gasteiger partial charge on any atom is 0.200 e. The van der Waals surface area contributed by atoms with Gasteiger partial charge in [-0.3, -0.25) is 10.2 Å². The number of nitrogens with zero attached hydrogens (tertiary/aromatic N) is 2. The molecule has 0 saturated heterocycles. The average Bonchev–Trinajstić information content (AvgIpc) is 3.53. The first-order valence-electron chi connectivity index (χ1n) is 9.13. The van der Waals surface area contributed by atoms with Crippen LogP contribution in [0.25, 0.3) is 32.7 Å². The molecule has 33 heavy (non-hydrogen) atoms. The maximum absolute atomic E-state index is 5.00. The van der Waals surface area contributed by atoms with Gasteiger partial charge in [-0.25, -0.2) is 0 Å². The fraction of sp³-hybridized carbons (Fsp3) is 0. The Balaban J connectivity index is 0.000000158. The number of aromatic nitrogens is 6. The molecule has 177 valence electrons. The summed E-state index contributed by atoms with van der Waals surface area (Å²) in [5.74, 6) is 0. The normalized spacial score (nSPS) is 10.7. The molecule has 6 N–H and O–H groups in total. The van der Waals surface area contributed by atoms with Crippen LogP contribution in [0.5, 0.6) is 0 Å². The molecule has 0 spiro atoms. The first kappa shape index (κ1) is 27.1. The van der Waals surface area contributed by atoms with Gasteiger partial charge in [-0.2, -0.15) is 15.3 Å². The number of para-hydroxylation sites is 3. The first-order chi connectivity index (χ1) is 15.4. The summed E-state index contributed by atoms with van der Waals surface area (Å²) < 4.78 is 0. The van der Waals surface area contributed by atoms with Crippen molar-refractivity contribution >= 4 is 71.5 Å². The van der Waals surface area contributed by atoms with Crippen LogP contribution in [0.1, 0.15) is 0 Å². The van der Waals surface area contributed by atoms with E-state index in [0.29, 0.717) is 0 Å². The van der Waals surface area contributed by atoms with Crippen LogP contribution in [0.4, 0.5) is 0 Å². The number of hydrogen-bond donors (Lipinski definition) is 3. The fourth-order valence-corrected chi connectivity index (χ4v) is 2.69. The van der Waals surface area contributed by atoms with Gasteiger partial charge in [0.15, 0.2) is 0 Å². The summed E-state index contributed by atoms with van der Waals surface area (Å²) in [4.78, 5) is 0. The van der Waals surface area contributed by atoms with Gasteiger partial charge >= 0.3 is 49.6 Å². The van der Waals surface area contributed by atoms with Crippen LogP contribution in [0.2, 0.25) is 0 Å². The van der Waals surface area contributed by atoms with Crippen LogP contribution in [0, 0.1) is 0 Å². The van der Waals surface area contributed by atoms with Gasteiger partial charge in [0.1, 0.15) is 5.52 Å². The molecule has 0 aliphatic heterocycles. The van der Waals surface area contributed by atoms with E-state index in [1.165, 1.54) is 5.39 Å². The van der Waals surface area contributed by atoms with Crippen LogP contribution < -0.4 is 5.10 Å². The van der Waals surface area contributed by atoms with E-state index in [1.807, 2.05) is 85.3 Å². The van der Waals surface area contributed by atoms with Gasteiger partial charge in [-0.1, -0.05) is 48.5 Å². The quantitative estimate of drug-likeness (QED) is 0.181. The predicted molar refractivity (Wildman–Crippen MR) is 134 cm³/mol. The number of rotatable bonds is 0. The van der Waals surface area contributed by atoms with Crippen LogP contribution in [0.15, 0.2) is 91.4 Å². The minimum Gasteiger partial charge on any atom is -0.278 e. The second-order valence-electron chi connectivity index (χ2n) is 6.22. The summed E-state index contributed by atoms with van der Waals surface area (Å²) in [6.07, 6.45) is 5.57. The summed E-state index contributed by atoms with van der Waals surface area (Å²) >= 11 is 0. The van der Waals surface area contributed by atoms with Gasteiger partial charge in [0.2, 0.25) is 6.20 Å². The predicted octanol–water partition coefficient (Wildman–Crippen LogP) is 6.04. The number of halogens is 4. The summed E-state index contributed by atoms with van der Waals surface area (Å²) in [5, 5.41) is 22.9. The van der Waals surface area contributed by atoms with Gasteiger partial charge in [0.25, 0.3) is 0 Å². The number of nitrogens with one attached hydrogen (secondary N) is 4. The van der Waals surface area contributed by atoms with Gasteiger partial charge in [0.05, 0.1) is 28.8 Å². The Hall–Kier alpha value is -2.19. The minimum absolute atomic E-state index is 0. The molecular weight excluding hydrogens is 595 g/mol. The molecule has 0 radical (unpaired) electrons. The van der Waals surface area contributed by atoms with Crippen molar-refractivity contribution in [1.82, 2.24) is 25.5 Å². The molecule has 0 bridgehead atoms. The Bertz CT molecular complexity index is 1110.